The molecule has 96 heavy (non-hydrogen) atoms. The minimum atomic E-state index is -3.96. The first-order chi connectivity index (χ1) is 45.5. The zero-order valence-electron chi connectivity index (χ0n) is 51.2. The molecule has 510 valence electrons. The van der Waals surface area contributed by atoms with Gasteiger partial charge in [-0.05, 0) is 140 Å². The number of aromatic nitrogens is 2. The number of hydrogen-bond donors (Lipinski definition) is 8. The molecule has 0 bridgehead atoms. The second kappa shape index (κ2) is 29.2. The third kappa shape index (κ3) is 15.2. The van der Waals surface area contributed by atoms with E-state index in [-0.39, 0.29) is 111 Å². The number of carbonyl (C=O) groups is 3. The highest BCUT2D eigenvalue weighted by atomic mass is 35.5. The Morgan fingerprint density at radius 3 is 1.43 bits per heavy atom. The molecule has 6 aromatic carbocycles. The van der Waals surface area contributed by atoms with Crippen molar-refractivity contribution in [1.29, 1.82) is 0 Å². The molecule has 3 fully saturated rings. The maximum absolute atomic E-state index is 13.6. The van der Waals surface area contributed by atoms with Crippen LogP contribution in [0, 0.1) is 58.6 Å². The van der Waals surface area contributed by atoms with Gasteiger partial charge < -0.3 is 41.2 Å². The van der Waals surface area contributed by atoms with E-state index in [1.165, 1.54) is 61.6 Å². The zero-order valence-corrected chi connectivity index (χ0v) is 55.1. The number of fused-ring (bicyclic) bond motifs is 3. The van der Waals surface area contributed by atoms with Gasteiger partial charge in [-0.1, -0.05) is 49.2 Å². The van der Waals surface area contributed by atoms with Crippen LogP contribution >= 0.6 is 23.2 Å². The normalized spacial score (nSPS) is 18.9. The molecule has 8 aromatic rings. The number of H-pyrrole nitrogens is 2. The summed E-state index contributed by atoms with van der Waals surface area (Å²) in [5.41, 5.74) is 2.29. The number of nitrogens with one attached hydrogen (secondary N) is 5. The molecule has 3 saturated heterocycles. The Kier molecular flexibility index (Phi) is 21.6. The summed E-state index contributed by atoms with van der Waals surface area (Å²) in [4.78, 5) is 44.6. The lowest BCUT2D eigenvalue weighted by molar-refractivity contribution is 0.101. The van der Waals surface area contributed by atoms with Crippen LogP contribution in [0.25, 0.3) is 27.9 Å². The molecule has 8 N–H and O–H groups in total. The van der Waals surface area contributed by atoms with Gasteiger partial charge in [0.1, 0.15) is 5.82 Å². The lowest BCUT2D eigenvalue weighted by Crippen LogP contribution is -2.43. The van der Waals surface area contributed by atoms with Gasteiger partial charge in [0, 0.05) is 128 Å². The molecule has 4 unspecified atom stereocenters. The summed E-state index contributed by atoms with van der Waals surface area (Å²) >= 11 is 11.4. The number of piperidine rings is 3. The summed E-state index contributed by atoms with van der Waals surface area (Å²) in [6, 6.07) is 18.5. The lowest BCUT2D eigenvalue weighted by Gasteiger charge is -2.35. The van der Waals surface area contributed by atoms with Crippen LogP contribution in [0.1, 0.15) is 81.7 Å². The Bertz CT molecular complexity index is 4680. The largest absolute Gasteiger partial charge is 0.396 e. The number of amides is 3. The van der Waals surface area contributed by atoms with Crippen molar-refractivity contribution in [3.63, 3.8) is 0 Å². The molecule has 4 aliphatic rings. The van der Waals surface area contributed by atoms with E-state index in [9.17, 15) is 81.3 Å². The standard InChI is InChI=1S/C22H23ClFN3O4S.C22H22F3N3O4S.C21H19ClF2N2O4S/c1-13-11-27(7-5-14(13)12-28)32(30,31)16-9-18(17-4-6-25-21(17)10-16)22(29)26-15-2-3-20(24)19(23)8-15;1-12-10-28(5-3-13(12)11-29)33(31,32)15-8-17(16-2-4-26-20(16)9-15)22(30)27-14-6-18(23)21(25)19(24)7-14;22-18-9-13(10-19(23)20(18)24)25-21(28)17-11-15(8-12-2-1-3-16(12)17)31(29,30)26-6-4-14(27)5-7-26/h2-4,6,8-10,13-14,25,28H,5,7,11-12H2,1H3,(H,26,29);2,4,6-9,12-13,26,29H,3,5,10-11H2,1H3,(H,27,30);1,3,8-11,14,27H,2,4-7H2,(H,25,28). The number of aliphatic hydroxyl groups excluding tert-OH is 3. The molecule has 0 radical (unpaired) electrons. The second-order valence-corrected chi connectivity index (χ2v) is 30.4. The molecule has 1 aliphatic carbocycles. The van der Waals surface area contributed by atoms with Gasteiger partial charge in [-0.3, -0.25) is 14.4 Å². The fraction of sp³-hybridized carbons (Fsp3) is 0.308. The van der Waals surface area contributed by atoms with Gasteiger partial charge in [0.15, 0.2) is 29.1 Å². The van der Waals surface area contributed by atoms with Crippen LogP contribution in [0.4, 0.5) is 43.4 Å². The number of rotatable bonds is 14. The van der Waals surface area contributed by atoms with Crippen molar-refractivity contribution >= 4 is 116 Å². The zero-order chi connectivity index (χ0) is 69.3. The average Bonchev–Trinajstić information content (AvgIpc) is 1.23. The second-order valence-electron chi connectivity index (χ2n) is 23.7. The smallest absolute Gasteiger partial charge is 0.256 e. The van der Waals surface area contributed by atoms with Gasteiger partial charge in [-0.15, -0.1) is 0 Å². The number of aliphatic hydroxyl groups is 3. The number of nitrogens with zero attached hydrogens (tertiary/aromatic N) is 3. The number of sulfonamides is 3. The molecular weight excluding hydrogens is 1370 g/mol. The van der Waals surface area contributed by atoms with Crippen molar-refractivity contribution in [2.24, 2.45) is 23.7 Å². The number of anilines is 3. The molecular formula is C65H64Cl2F6N8O12S3. The van der Waals surface area contributed by atoms with Crippen LogP contribution in [-0.2, 0) is 36.5 Å². The molecule has 5 heterocycles. The monoisotopic (exact) mass is 1430 g/mol. The molecule has 31 heteroatoms. The van der Waals surface area contributed by atoms with E-state index in [2.05, 4.69) is 25.9 Å². The van der Waals surface area contributed by atoms with Crippen molar-refractivity contribution < 1.29 is 81.3 Å². The third-order valence-electron chi connectivity index (χ3n) is 17.4. The predicted octanol–water partition coefficient (Wildman–Crippen LogP) is 10.9. The Morgan fingerprint density at radius 2 is 0.948 bits per heavy atom. The first kappa shape index (κ1) is 71.1. The highest BCUT2D eigenvalue weighted by Crippen LogP contribution is 2.36. The van der Waals surface area contributed by atoms with E-state index in [0.717, 1.165) is 18.2 Å². The number of carbonyl (C=O) groups excluding carboxylic acids is 3. The molecule has 0 spiro atoms. The molecule has 2 aromatic heterocycles. The number of benzene rings is 6. The minimum Gasteiger partial charge on any atom is -0.396 e. The van der Waals surface area contributed by atoms with Gasteiger partial charge in [-0.25, -0.2) is 51.6 Å². The molecule has 4 atom stereocenters. The Balaban J connectivity index is 0.000000157. The van der Waals surface area contributed by atoms with Crippen molar-refractivity contribution in [3.8, 4) is 0 Å². The van der Waals surface area contributed by atoms with Crippen molar-refractivity contribution in [2.45, 2.75) is 66.7 Å². The summed E-state index contributed by atoms with van der Waals surface area (Å²) in [5.74, 6) is -9.59. The summed E-state index contributed by atoms with van der Waals surface area (Å²) in [6.07, 6.45) is 8.39. The van der Waals surface area contributed by atoms with Crippen molar-refractivity contribution in [1.82, 2.24) is 22.9 Å². The van der Waals surface area contributed by atoms with E-state index in [1.807, 2.05) is 19.9 Å². The molecule has 3 amide bonds. The minimum absolute atomic E-state index is 0.00406. The first-order valence-electron chi connectivity index (χ1n) is 30.1. The van der Waals surface area contributed by atoms with Crippen LogP contribution in [0.15, 0.2) is 124 Å². The third-order valence-corrected chi connectivity index (χ3v) is 23.6. The number of hydrogen-bond acceptors (Lipinski definition) is 12. The topological polar surface area (TPSA) is 292 Å². The van der Waals surface area contributed by atoms with Crippen LogP contribution in [0.2, 0.25) is 10.0 Å². The van der Waals surface area contributed by atoms with E-state index >= 15 is 0 Å². The molecule has 0 saturated carbocycles. The average molecular weight is 1430 g/mol. The molecule has 3 aliphatic heterocycles. The van der Waals surface area contributed by atoms with Crippen molar-refractivity contribution in [3.05, 3.63) is 182 Å². The van der Waals surface area contributed by atoms with Gasteiger partial charge in [0.2, 0.25) is 30.1 Å². The SMILES string of the molecule is CC1CN(S(=O)(=O)c2cc(C(=O)Nc3cc(F)c(F)c(F)c3)c3cc[nH]c3c2)CCC1CO.CC1CN(S(=O)(=O)c2cc(C(=O)Nc3ccc(F)c(Cl)c3)c3cc[nH]c3c2)CCC1CO.O=C(Nc1cc(F)c(F)c(Cl)c1)c1cc(S(=O)(=O)N2CCC(O)CC2)cc2c1C=CC2. The van der Waals surface area contributed by atoms with Crippen LogP contribution < -0.4 is 16.0 Å². The fourth-order valence-electron chi connectivity index (χ4n) is 11.9. The van der Waals surface area contributed by atoms with E-state index in [0.29, 0.717) is 95.9 Å². The van der Waals surface area contributed by atoms with Gasteiger partial charge in [0.25, 0.3) is 17.7 Å². The highest BCUT2D eigenvalue weighted by molar-refractivity contribution is 7.89. The fourth-order valence-corrected chi connectivity index (χ4v) is 17.0. The van der Waals surface area contributed by atoms with Crippen LogP contribution in [-0.4, -0.2) is 140 Å². The highest BCUT2D eigenvalue weighted by Gasteiger charge is 2.37. The van der Waals surface area contributed by atoms with Crippen molar-refractivity contribution in [2.75, 3.05) is 68.4 Å². The number of halogens is 8. The summed E-state index contributed by atoms with van der Waals surface area (Å²) < 4.78 is 164. The van der Waals surface area contributed by atoms with Gasteiger partial charge in [0.05, 0.1) is 42.0 Å². The predicted molar refractivity (Wildman–Crippen MR) is 349 cm³/mol. The lowest BCUT2D eigenvalue weighted by atomic mass is 9.89. The number of aromatic amines is 2. The maximum Gasteiger partial charge on any atom is 0.256 e. The summed E-state index contributed by atoms with van der Waals surface area (Å²) in [5, 5.41) is 36.3. The van der Waals surface area contributed by atoms with Crippen LogP contribution in [0.3, 0.4) is 0 Å². The molecule has 12 rings (SSSR count). The first-order valence-corrected chi connectivity index (χ1v) is 35.2. The Morgan fingerprint density at radius 1 is 0.521 bits per heavy atom. The summed E-state index contributed by atoms with van der Waals surface area (Å²) in [6.45, 7) is 5.24. The Hall–Kier alpha value is -7.68. The summed E-state index contributed by atoms with van der Waals surface area (Å²) in [7, 11) is -11.7. The maximum atomic E-state index is 13.6. The van der Waals surface area contributed by atoms with E-state index in [1.54, 1.807) is 30.5 Å². The Labute approximate surface area is 558 Å². The van der Waals surface area contributed by atoms with Gasteiger partial charge in [-0.2, -0.15) is 12.9 Å². The number of allylic oxidation sites excluding steroid dienone is 1. The van der Waals surface area contributed by atoms with E-state index in [4.69, 9.17) is 23.2 Å². The van der Waals surface area contributed by atoms with Crippen LogP contribution in [0.5, 0.6) is 0 Å². The van der Waals surface area contributed by atoms with Gasteiger partial charge >= 0.3 is 0 Å². The van der Waals surface area contributed by atoms with E-state index < -0.39 is 93.8 Å². The quantitative estimate of drug-likeness (QED) is 0.0373. The molecule has 20 nitrogen and oxygen atoms in total.